The van der Waals surface area contributed by atoms with Crippen molar-refractivity contribution < 1.29 is 27.2 Å². The maximum Gasteiger partial charge on any atom is 0.416 e. The van der Waals surface area contributed by atoms with Crippen LogP contribution in [0.3, 0.4) is 0 Å². The Morgan fingerprint density at radius 1 is 1.20 bits per heavy atom. The van der Waals surface area contributed by atoms with Crippen molar-refractivity contribution in [2.75, 3.05) is 12.4 Å². The van der Waals surface area contributed by atoms with E-state index in [1.165, 1.54) is 19.2 Å². The Morgan fingerprint density at radius 2 is 1.91 bits per heavy atom. The second-order valence-electron chi connectivity index (χ2n) is 7.78. The molecule has 2 heterocycles. The second kappa shape index (κ2) is 9.24. The number of hydrogen-bond donors (Lipinski definition) is 1. The Balaban J connectivity index is 1.78. The van der Waals surface area contributed by atoms with Crippen molar-refractivity contribution in [3.05, 3.63) is 70.2 Å². The molecule has 1 amide bonds. The summed E-state index contributed by atoms with van der Waals surface area (Å²) in [6, 6.07) is 10.1. The van der Waals surface area contributed by atoms with Gasteiger partial charge in [-0.1, -0.05) is 18.1 Å². The molecule has 0 aliphatic rings. The molecular formula is C24H21F3N4O4. The molecule has 0 unspecified atom stereocenters. The summed E-state index contributed by atoms with van der Waals surface area (Å²) < 4.78 is 50.6. The molecule has 0 aliphatic heterocycles. The van der Waals surface area contributed by atoms with Gasteiger partial charge in [0.15, 0.2) is 5.52 Å². The van der Waals surface area contributed by atoms with Gasteiger partial charge in [0.1, 0.15) is 23.2 Å². The van der Waals surface area contributed by atoms with Gasteiger partial charge in [-0.2, -0.15) is 18.3 Å². The number of carbonyl (C=O) groups is 1. The predicted molar refractivity (Wildman–Crippen MR) is 122 cm³/mol. The first kappa shape index (κ1) is 24.0. The van der Waals surface area contributed by atoms with Gasteiger partial charge in [0.25, 0.3) is 5.56 Å². The van der Waals surface area contributed by atoms with Gasteiger partial charge in [-0.05, 0) is 55.8 Å². The summed E-state index contributed by atoms with van der Waals surface area (Å²) in [4.78, 5) is 26.3. The van der Waals surface area contributed by atoms with Gasteiger partial charge < -0.3 is 14.6 Å². The third-order valence-electron chi connectivity index (χ3n) is 5.52. The lowest BCUT2D eigenvalue weighted by molar-refractivity contribution is -0.137. The van der Waals surface area contributed by atoms with Crippen LogP contribution in [0.4, 0.5) is 18.9 Å². The summed E-state index contributed by atoms with van der Waals surface area (Å²) in [5.74, 6) is 0.304. The van der Waals surface area contributed by atoms with Crippen molar-refractivity contribution in [2.45, 2.75) is 32.5 Å². The maximum atomic E-state index is 13.2. The molecule has 0 spiro atoms. The molecule has 0 bridgehead atoms. The fraction of sp³-hybridized carbons (Fsp3) is 0.250. The van der Waals surface area contributed by atoms with Crippen molar-refractivity contribution in [1.29, 1.82) is 0 Å². The van der Waals surface area contributed by atoms with Crippen LogP contribution in [0.25, 0.3) is 22.2 Å². The summed E-state index contributed by atoms with van der Waals surface area (Å²) >= 11 is 0. The molecule has 0 saturated carbocycles. The lowest BCUT2D eigenvalue weighted by Crippen LogP contribution is -2.35. The summed E-state index contributed by atoms with van der Waals surface area (Å²) in [5, 5.41) is 11.2. The fourth-order valence-corrected chi connectivity index (χ4v) is 3.74. The average Bonchev–Trinajstić information content (AvgIpc) is 3.23. The van der Waals surface area contributed by atoms with E-state index in [2.05, 4.69) is 15.6 Å². The van der Waals surface area contributed by atoms with Crippen LogP contribution in [0, 0.1) is 6.92 Å². The van der Waals surface area contributed by atoms with Crippen LogP contribution in [0.15, 0.2) is 57.8 Å². The van der Waals surface area contributed by atoms with Gasteiger partial charge in [0, 0.05) is 11.3 Å². The standard InChI is InChI=1S/C24H21F3N4O4/c1-4-18(22(32)28-16-7-5-6-15(12-16)24(25,26)27)31-23(33)21-19(13(2)35-30-21)20(29-31)14-8-10-17(34-3)11-9-14/h5-12,18H,4H2,1-3H3,(H,28,32)/t18-/m0/s1. The van der Waals surface area contributed by atoms with Crippen LogP contribution < -0.4 is 15.6 Å². The van der Waals surface area contributed by atoms with Gasteiger partial charge in [0.05, 0.1) is 18.1 Å². The molecule has 11 heteroatoms. The van der Waals surface area contributed by atoms with E-state index in [9.17, 15) is 22.8 Å². The lowest BCUT2D eigenvalue weighted by atomic mass is 10.1. The molecule has 1 atom stereocenters. The van der Waals surface area contributed by atoms with E-state index in [1.807, 2.05) is 0 Å². The number of alkyl halides is 3. The first-order chi connectivity index (χ1) is 16.6. The summed E-state index contributed by atoms with van der Waals surface area (Å²) in [5.41, 5.74) is -0.617. The number of fused-ring (bicyclic) bond motifs is 1. The van der Waals surface area contributed by atoms with Gasteiger partial charge in [-0.15, -0.1) is 0 Å². The van der Waals surface area contributed by atoms with E-state index < -0.39 is 29.2 Å². The predicted octanol–water partition coefficient (Wildman–Crippen LogP) is 4.98. The number of halogens is 3. The fourth-order valence-electron chi connectivity index (χ4n) is 3.74. The highest BCUT2D eigenvalue weighted by Crippen LogP contribution is 2.32. The summed E-state index contributed by atoms with van der Waals surface area (Å²) in [6.45, 7) is 3.31. The highest BCUT2D eigenvalue weighted by molar-refractivity contribution is 5.95. The van der Waals surface area contributed by atoms with Gasteiger partial charge in [-0.3, -0.25) is 9.59 Å². The van der Waals surface area contributed by atoms with E-state index in [0.717, 1.165) is 16.8 Å². The van der Waals surface area contributed by atoms with E-state index in [-0.39, 0.29) is 17.6 Å². The Kier molecular flexibility index (Phi) is 6.33. The number of aryl methyl sites for hydroxylation is 1. The largest absolute Gasteiger partial charge is 0.497 e. The van der Waals surface area contributed by atoms with Gasteiger partial charge in [0.2, 0.25) is 5.91 Å². The van der Waals surface area contributed by atoms with Crippen molar-refractivity contribution in [3.8, 4) is 17.0 Å². The number of carbonyl (C=O) groups excluding carboxylic acids is 1. The number of amides is 1. The van der Waals surface area contributed by atoms with E-state index in [0.29, 0.717) is 28.2 Å². The van der Waals surface area contributed by atoms with Crippen molar-refractivity contribution in [3.63, 3.8) is 0 Å². The number of ether oxygens (including phenoxy) is 1. The Morgan fingerprint density at radius 3 is 2.54 bits per heavy atom. The number of aromatic nitrogens is 3. The number of nitrogens with zero attached hydrogens (tertiary/aromatic N) is 3. The number of anilines is 1. The monoisotopic (exact) mass is 486 g/mol. The number of benzene rings is 2. The first-order valence-electron chi connectivity index (χ1n) is 10.7. The third kappa shape index (κ3) is 4.61. The molecule has 0 radical (unpaired) electrons. The minimum Gasteiger partial charge on any atom is -0.497 e. The van der Waals surface area contributed by atoms with Crippen LogP contribution in [-0.2, 0) is 11.0 Å². The highest BCUT2D eigenvalue weighted by Gasteiger charge is 2.31. The van der Waals surface area contributed by atoms with E-state index in [1.54, 1.807) is 38.1 Å². The molecule has 0 saturated heterocycles. The summed E-state index contributed by atoms with van der Waals surface area (Å²) in [7, 11) is 1.53. The highest BCUT2D eigenvalue weighted by atomic mass is 19.4. The van der Waals surface area contributed by atoms with Gasteiger partial charge in [-0.25, -0.2) is 4.68 Å². The number of hydrogen-bond acceptors (Lipinski definition) is 6. The molecular weight excluding hydrogens is 465 g/mol. The molecule has 4 aromatic rings. The van der Waals surface area contributed by atoms with Crippen molar-refractivity contribution >= 4 is 22.5 Å². The number of methoxy groups -OCH3 is 1. The zero-order valence-corrected chi connectivity index (χ0v) is 19.0. The second-order valence-corrected chi connectivity index (χ2v) is 7.78. The SMILES string of the molecule is CC[C@@H](C(=O)Nc1cccc(C(F)(F)F)c1)n1nc(-c2ccc(OC)cc2)c2c(C)onc2c1=O. The first-order valence-corrected chi connectivity index (χ1v) is 10.7. The zero-order valence-electron chi connectivity index (χ0n) is 19.0. The lowest BCUT2D eigenvalue weighted by Gasteiger charge is -2.18. The number of rotatable bonds is 6. The molecule has 35 heavy (non-hydrogen) atoms. The third-order valence-corrected chi connectivity index (χ3v) is 5.52. The van der Waals surface area contributed by atoms with Crippen LogP contribution in [0.2, 0.25) is 0 Å². The molecule has 2 aromatic heterocycles. The molecule has 1 N–H and O–H groups in total. The van der Waals surface area contributed by atoms with Crippen LogP contribution in [0.5, 0.6) is 5.75 Å². The van der Waals surface area contributed by atoms with Crippen molar-refractivity contribution in [1.82, 2.24) is 14.9 Å². The Hall–Kier alpha value is -4.15. The average molecular weight is 486 g/mol. The normalized spacial score (nSPS) is 12.5. The van der Waals surface area contributed by atoms with Crippen LogP contribution in [0.1, 0.15) is 30.7 Å². The molecule has 182 valence electrons. The quantitative estimate of drug-likeness (QED) is 0.413. The molecule has 8 nitrogen and oxygen atoms in total. The maximum absolute atomic E-state index is 13.2. The molecule has 4 rings (SSSR count). The van der Waals surface area contributed by atoms with Crippen LogP contribution in [-0.4, -0.2) is 28.0 Å². The van der Waals surface area contributed by atoms with Crippen molar-refractivity contribution in [2.24, 2.45) is 0 Å². The number of nitrogens with one attached hydrogen (secondary N) is 1. The minimum atomic E-state index is -4.56. The zero-order chi connectivity index (χ0) is 25.3. The molecule has 0 aliphatic carbocycles. The minimum absolute atomic E-state index is 0.00589. The Bertz CT molecular complexity index is 1440. The van der Waals surface area contributed by atoms with Crippen LogP contribution >= 0.6 is 0 Å². The molecule has 0 fully saturated rings. The smallest absolute Gasteiger partial charge is 0.416 e. The topological polar surface area (TPSA) is 99.2 Å². The van der Waals surface area contributed by atoms with E-state index >= 15 is 0 Å². The summed E-state index contributed by atoms with van der Waals surface area (Å²) in [6.07, 6.45) is -4.42. The Labute approximate surface area is 197 Å². The molecule has 2 aromatic carbocycles. The van der Waals surface area contributed by atoms with E-state index in [4.69, 9.17) is 9.26 Å². The van der Waals surface area contributed by atoms with Gasteiger partial charge >= 0.3 is 6.18 Å².